The minimum absolute atomic E-state index is 0.00540. The molecular formula is C46H40N4O11. The SMILES string of the molecule is COc1cc(C=C[C@H]2C3=CC[C@@H]4C(=O)N(c5cc([N+](=O)[O-])c(N(C)C)c([N+](=O)[O-])c5)C(=O)[C@@H]4[C@@H]3C[C@H]3C(=O)C(c4ccccc4)=CC(=O)[C@@]23c2ccccc2)cc(OC)c1O. The van der Waals surface area contributed by atoms with Crippen LogP contribution in [0.3, 0.4) is 0 Å². The van der Waals surface area contributed by atoms with Crippen LogP contribution in [0, 0.1) is 49.8 Å². The first kappa shape index (κ1) is 40.4. The van der Waals surface area contributed by atoms with Crippen LogP contribution >= 0.6 is 0 Å². The highest BCUT2D eigenvalue weighted by Crippen LogP contribution is 2.61. The van der Waals surface area contributed by atoms with Gasteiger partial charge in [0.1, 0.15) is 0 Å². The fourth-order valence-electron chi connectivity index (χ4n) is 10.0. The van der Waals surface area contributed by atoms with Gasteiger partial charge in [0, 0.05) is 43.6 Å². The molecule has 1 heterocycles. The number of rotatable bonds is 10. The predicted molar refractivity (Wildman–Crippen MR) is 224 cm³/mol. The molecule has 310 valence electrons. The average Bonchev–Trinajstić information content (AvgIpc) is 3.52. The van der Waals surface area contributed by atoms with Crippen LogP contribution in [0.4, 0.5) is 22.7 Å². The quantitative estimate of drug-likeness (QED) is 0.0755. The number of phenolic OH excluding ortho intramolecular Hbond substituents is 1. The number of methoxy groups -OCH3 is 2. The maximum absolute atomic E-state index is 15.2. The highest BCUT2D eigenvalue weighted by molar-refractivity contribution is 6.31. The van der Waals surface area contributed by atoms with Gasteiger partial charge in [0.2, 0.25) is 17.6 Å². The largest absolute Gasteiger partial charge is 0.502 e. The molecule has 0 unspecified atom stereocenters. The highest BCUT2D eigenvalue weighted by atomic mass is 16.6. The number of fused-ring (bicyclic) bond motifs is 4. The molecule has 0 spiro atoms. The number of imide groups is 1. The molecule has 6 atom stereocenters. The van der Waals surface area contributed by atoms with Gasteiger partial charge in [-0.05, 0) is 53.7 Å². The van der Waals surface area contributed by atoms with E-state index < -0.39 is 68.0 Å². The number of nitro groups is 2. The van der Waals surface area contributed by atoms with E-state index in [-0.39, 0.29) is 58.6 Å². The number of amides is 2. The van der Waals surface area contributed by atoms with Gasteiger partial charge in [0.25, 0.3) is 0 Å². The van der Waals surface area contributed by atoms with Gasteiger partial charge in [-0.2, -0.15) is 0 Å². The van der Waals surface area contributed by atoms with Crippen LogP contribution in [-0.4, -0.2) is 66.6 Å². The molecule has 1 aliphatic heterocycles. The lowest BCUT2D eigenvalue weighted by Crippen LogP contribution is -2.59. The van der Waals surface area contributed by atoms with E-state index in [0.29, 0.717) is 22.3 Å². The predicted octanol–water partition coefficient (Wildman–Crippen LogP) is 6.87. The minimum atomic E-state index is -1.51. The fourth-order valence-corrected chi connectivity index (χ4v) is 10.0. The van der Waals surface area contributed by atoms with Gasteiger partial charge in [-0.15, -0.1) is 0 Å². The Bertz CT molecular complexity index is 2580. The Morgan fingerprint density at radius 3 is 1.98 bits per heavy atom. The number of carbonyl (C=O) groups is 4. The number of Topliss-reactive ketones (excluding diaryl/α,β-unsaturated/α-hetero) is 1. The van der Waals surface area contributed by atoms with Gasteiger partial charge in [-0.1, -0.05) is 84.5 Å². The van der Waals surface area contributed by atoms with Crippen molar-refractivity contribution in [2.45, 2.75) is 18.3 Å². The van der Waals surface area contributed by atoms with E-state index in [0.717, 1.165) is 17.0 Å². The van der Waals surface area contributed by atoms with Gasteiger partial charge < -0.3 is 19.5 Å². The Morgan fingerprint density at radius 2 is 1.43 bits per heavy atom. The van der Waals surface area contributed by atoms with E-state index in [9.17, 15) is 34.9 Å². The number of hydrogen-bond acceptors (Lipinski definition) is 12. The number of anilines is 2. The van der Waals surface area contributed by atoms with Crippen molar-refractivity contribution in [1.29, 1.82) is 0 Å². The number of hydrogen-bond donors (Lipinski definition) is 1. The Kier molecular flexibility index (Phi) is 10.1. The van der Waals surface area contributed by atoms with Gasteiger partial charge >= 0.3 is 11.4 Å². The summed E-state index contributed by atoms with van der Waals surface area (Å²) in [6.45, 7) is 0. The van der Waals surface area contributed by atoms with Crippen LogP contribution < -0.4 is 19.3 Å². The lowest BCUT2D eigenvalue weighted by atomic mass is 9.45. The van der Waals surface area contributed by atoms with E-state index in [1.54, 1.807) is 60.7 Å². The average molecular weight is 825 g/mol. The maximum atomic E-state index is 15.2. The molecule has 0 aromatic heterocycles. The van der Waals surface area contributed by atoms with Crippen molar-refractivity contribution >= 4 is 57.8 Å². The molecule has 1 saturated carbocycles. The van der Waals surface area contributed by atoms with Gasteiger partial charge in [0.15, 0.2) is 28.8 Å². The van der Waals surface area contributed by atoms with Crippen LogP contribution in [0.2, 0.25) is 0 Å². The fraction of sp³-hybridized carbons (Fsp3) is 0.261. The van der Waals surface area contributed by atoms with Crippen molar-refractivity contribution in [3.63, 3.8) is 0 Å². The lowest BCUT2D eigenvalue weighted by Gasteiger charge is -2.54. The summed E-state index contributed by atoms with van der Waals surface area (Å²) in [7, 11) is 5.61. The van der Waals surface area contributed by atoms with Crippen molar-refractivity contribution in [3.8, 4) is 17.2 Å². The van der Waals surface area contributed by atoms with Crippen molar-refractivity contribution in [3.05, 3.63) is 146 Å². The summed E-state index contributed by atoms with van der Waals surface area (Å²) in [6.07, 6.45) is 6.84. The molecule has 3 aliphatic carbocycles. The first-order valence-corrected chi connectivity index (χ1v) is 19.5. The van der Waals surface area contributed by atoms with Crippen molar-refractivity contribution in [1.82, 2.24) is 0 Å². The Morgan fingerprint density at radius 1 is 0.836 bits per heavy atom. The summed E-state index contributed by atoms with van der Waals surface area (Å²) in [5.41, 5.74) is -0.925. The summed E-state index contributed by atoms with van der Waals surface area (Å²) in [4.78, 5) is 84.7. The number of allylic oxidation sites excluding steroid dienone is 5. The zero-order valence-electron chi connectivity index (χ0n) is 33.5. The summed E-state index contributed by atoms with van der Waals surface area (Å²) >= 11 is 0. The van der Waals surface area contributed by atoms with Crippen LogP contribution in [0.1, 0.15) is 29.5 Å². The molecule has 0 radical (unpaired) electrons. The van der Waals surface area contributed by atoms with Crippen LogP contribution in [-0.2, 0) is 24.6 Å². The molecule has 4 aromatic carbocycles. The van der Waals surface area contributed by atoms with Crippen molar-refractivity contribution in [2.75, 3.05) is 38.1 Å². The van der Waals surface area contributed by atoms with Gasteiger partial charge in [-0.3, -0.25) is 39.4 Å². The maximum Gasteiger partial charge on any atom is 0.301 e. The lowest BCUT2D eigenvalue weighted by molar-refractivity contribution is -0.392. The zero-order chi connectivity index (χ0) is 43.5. The van der Waals surface area contributed by atoms with E-state index in [1.165, 1.54) is 39.3 Å². The Balaban J connectivity index is 1.32. The third-order valence-corrected chi connectivity index (χ3v) is 12.6. The first-order chi connectivity index (χ1) is 29.2. The Labute approximate surface area is 349 Å². The molecule has 4 aromatic rings. The van der Waals surface area contributed by atoms with E-state index >= 15 is 9.59 Å². The molecule has 0 bridgehead atoms. The second-order valence-electron chi connectivity index (χ2n) is 15.7. The molecule has 4 aliphatic rings. The number of nitro benzene ring substituents is 2. The first-order valence-electron chi connectivity index (χ1n) is 19.5. The molecule has 8 rings (SSSR count). The monoisotopic (exact) mass is 824 g/mol. The van der Waals surface area contributed by atoms with E-state index in [2.05, 4.69) is 0 Å². The molecule has 2 amide bonds. The summed E-state index contributed by atoms with van der Waals surface area (Å²) in [6, 6.07) is 23.0. The number of ether oxygens (including phenoxy) is 2. The van der Waals surface area contributed by atoms with Crippen LogP contribution in [0.5, 0.6) is 17.2 Å². The molecule has 61 heavy (non-hydrogen) atoms. The summed E-state index contributed by atoms with van der Waals surface area (Å²) in [5.74, 6) is -6.73. The highest BCUT2D eigenvalue weighted by Gasteiger charge is 2.65. The molecule has 1 N–H and O–H groups in total. The second kappa shape index (κ2) is 15.3. The molecular weight excluding hydrogens is 785 g/mol. The topological polar surface area (TPSA) is 200 Å². The molecule has 1 saturated heterocycles. The van der Waals surface area contributed by atoms with Crippen LogP contribution in [0.25, 0.3) is 11.6 Å². The van der Waals surface area contributed by atoms with E-state index in [1.807, 2.05) is 30.4 Å². The summed E-state index contributed by atoms with van der Waals surface area (Å²) < 4.78 is 10.8. The third kappa shape index (κ3) is 6.26. The number of ketones is 2. The third-order valence-electron chi connectivity index (χ3n) is 12.6. The number of aromatic hydroxyl groups is 1. The van der Waals surface area contributed by atoms with Gasteiger partial charge in [-0.25, -0.2) is 4.90 Å². The molecule has 15 heteroatoms. The number of nitrogens with zero attached hydrogens (tertiary/aromatic N) is 4. The second-order valence-corrected chi connectivity index (χ2v) is 15.7. The van der Waals surface area contributed by atoms with Crippen LogP contribution in [0.15, 0.2) is 109 Å². The van der Waals surface area contributed by atoms with E-state index in [4.69, 9.17) is 9.47 Å². The Hall–Kier alpha value is -7.42. The number of benzene rings is 4. The zero-order valence-corrected chi connectivity index (χ0v) is 33.5. The number of phenols is 1. The standard InChI is InChI=1S/C46H40N4O11/c1-47(2)41-35(49(56)57)21-28(22-36(41)50(58)59)48-44(54)30-17-16-29-32(40(30)45(48)55)23-34-42(52)31(26-11-7-5-8-12-26)24-39(51)46(34,27-13-9-6-10-14-27)33(29)18-15-25-19-37(60-3)43(53)38(20-25)61-4/h5-16,18-22,24,30,32-34,40,53H,17,23H2,1-4H3/t30-,32+,33-,34-,40-,46-/m0/s1. The molecule has 15 nitrogen and oxygen atoms in total. The van der Waals surface area contributed by atoms with Gasteiger partial charge in [0.05, 0.1) is 47.0 Å². The normalized spacial score (nSPS) is 24.4. The minimum Gasteiger partial charge on any atom is -0.502 e. The smallest absolute Gasteiger partial charge is 0.301 e. The summed E-state index contributed by atoms with van der Waals surface area (Å²) in [5, 5.41) is 35.2. The van der Waals surface area contributed by atoms with Crippen molar-refractivity contribution < 1.29 is 43.6 Å². The number of carbonyl (C=O) groups excluding carboxylic acids is 4. The molecule has 2 fully saturated rings. The van der Waals surface area contributed by atoms with Crippen molar-refractivity contribution in [2.24, 2.45) is 29.6 Å².